The van der Waals surface area contributed by atoms with E-state index in [1.54, 1.807) is 12.1 Å². The molecule has 172 valence electrons. The number of anilines is 2. The molecule has 0 fully saturated rings. The van der Waals surface area contributed by atoms with Gasteiger partial charge in [-0.15, -0.1) is 0 Å². The Balaban J connectivity index is 1.25. The molecule has 0 heterocycles. The number of ether oxygens (including phenoxy) is 2. The van der Waals surface area contributed by atoms with Crippen molar-refractivity contribution in [2.45, 2.75) is 6.54 Å². The van der Waals surface area contributed by atoms with Crippen molar-refractivity contribution in [3.8, 4) is 17.2 Å². The van der Waals surface area contributed by atoms with Gasteiger partial charge in [-0.1, -0.05) is 35.9 Å². The van der Waals surface area contributed by atoms with Crippen molar-refractivity contribution in [1.82, 2.24) is 0 Å². The maximum atomic E-state index is 12.9. The predicted molar refractivity (Wildman–Crippen MR) is 132 cm³/mol. The summed E-state index contributed by atoms with van der Waals surface area (Å²) in [5.41, 5.74) is 2.38. The van der Waals surface area contributed by atoms with Gasteiger partial charge in [0.25, 0.3) is 5.91 Å². The maximum Gasteiger partial charge on any atom is 0.262 e. The van der Waals surface area contributed by atoms with Crippen LogP contribution >= 0.6 is 11.6 Å². The molecular formula is C27H22ClFN2O3. The van der Waals surface area contributed by atoms with Crippen molar-refractivity contribution in [3.63, 3.8) is 0 Å². The van der Waals surface area contributed by atoms with Crippen molar-refractivity contribution in [3.05, 3.63) is 113 Å². The number of para-hydroxylation sites is 1. The molecule has 0 radical (unpaired) electrons. The third-order valence-electron chi connectivity index (χ3n) is 4.81. The molecule has 0 saturated carbocycles. The molecule has 5 nitrogen and oxygen atoms in total. The Hall–Kier alpha value is -4.03. The van der Waals surface area contributed by atoms with Crippen LogP contribution in [0.4, 0.5) is 15.8 Å². The lowest BCUT2D eigenvalue weighted by Gasteiger charge is -2.12. The number of nitrogens with one attached hydrogen (secondary N) is 2. The summed E-state index contributed by atoms with van der Waals surface area (Å²) in [6, 6.07) is 28.2. The van der Waals surface area contributed by atoms with Crippen molar-refractivity contribution >= 4 is 28.9 Å². The third kappa shape index (κ3) is 6.73. The lowest BCUT2D eigenvalue weighted by Crippen LogP contribution is -2.20. The van der Waals surface area contributed by atoms with Gasteiger partial charge in [-0.2, -0.15) is 0 Å². The largest absolute Gasteiger partial charge is 0.482 e. The van der Waals surface area contributed by atoms with E-state index in [1.807, 2.05) is 60.7 Å². The minimum atomic E-state index is -0.371. The topological polar surface area (TPSA) is 59.6 Å². The van der Waals surface area contributed by atoms with Crippen LogP contribution in [0.2, 0.25) is 5.02 Å². The van der Waals surface area contributed by atoms with E-state index in [9.17, 15) is 9.18 Å². The first-order valence-corrected chi connectivity index (χ1v) is 11.0. The maximum absolute atomic E-state index is 12.9. The van der Waals surface area contributed by atoms with Crippen molar-refractivity contribution < 1.29 is 18.7 Å². The number of halogens is 2. The molecule has 0 aliphatic heterocycles. The summed E-state index contributed by atoms with van der Waals surface area (Å²) >= 11 is 6.33. The van der Waals surface area contributed by atoms with E-state index in [-0.39, 0.29) is 18.3 Å². The zero-order chi connectivity index (χ0) is 23.8. The summed E-state index contributed by atoms with van der Waals surface area (Å²) in [5.74, 6) is 1.21. The molecule has 34 heavy (non-hydrogen) atoms. The molecule has 2 N–H and O–H groups in total. The summed E-state index contributed by atoms with van der Waals surface area (Å²) in [7, 11) is 0. The van der Waals surface area contributed by atoms with E-state index in [4.69, 9.17) is 21.1 Å². The van der Waals surface area contributed by atoms with Gasteiger partial charge in [0.05, 0.1) is 5.02 Å². The molecule has 0 bridgehead atoms. The third-order valence-corrected chi connectivity index (χ3v) is 5.11. The summed E-state index contributed by atoms with van der Waals surface area (Å²) in [6.07, 6.45) is 0. The average molecular weight is 477 g/mol. The fourth-order valence-corrected chi connectivity index (χ4v) is 3.37. The highest BCUT2D eigenvalue weighted by molar-refractivity contribution is 6.32. The lowest BCUT2D eigenvalue weighted by atomic mass is 10.2. The molecule has 4 aromatic carbocycles. The van der Waals surface area contributed by atoms with E-state index in [0.29, 0.717) is 23.0 Å². The quantitative estimate of drug-likeness (QED) is 0.276. The van der Waals surface area contributed by atoms with Gasteiger partial charge in [-0.3, -0.25) is 4.79 Å². The predicted octanol–water partition coefficient (Wildman–Crippen LogP) is 6.90. The van der Waals surface area contributed by atoms with E-state index in [0.717, 1.165) is 22.7 Å². The summed E-state index contributed by atoms with van der Waals surface area (Å²) < 4.78 is 24.3. The molecule has 7 heteroatoms. The minimum absolute atomic E-state index is 0.216. The zero-order valence-corrected chi connectivity index (χ0v) is 18.9. The molecule has 0 aliphatic carbocycles. The van der Waals surface area contributed by atoms with Crippen molar-refractivity contribution in [2.75, 3.05) is 17.2 Å². The Labute approximate surface area is 202 Å². The number of carbonyl (C=O) groups is 1. The van der Waals surface area contributed by atoms with E-state index in [1.165, 1.54) is 24.3 Å². The fraction of sp³-hybridized carbons (Fsp3) is 0.0741. The number of hydrogen-bond donors (Lipinski definition) is 2. The highest BCUT2D eigenvalue weighted by Gasteiger charge is 2.08. The highest BCUT2D eigenvalue weighted by Crippen LogP contribution is 2.27. The Morgan fingerprint density at radius 3 is 2.21 bits per heavy atom. The fourth-order valence-electron chi connectivity index (χ4n) is 3.11. The van der Waals surface area contributed by atoms with Crippen LogP contribution in [0.3, 0.4) is 0 Å². The number of hydrogen-bond acceptors (Lipinski definition) is 4. The second kappa shape index (κ2) is 11.2. The summed E-state index contributed by atoms with van der Waals surface area (Å²) in [5, 5.41) is 6.37. The molecule has 1 amide bonds. The second-order valence-corrected chi connectivity index (χ2v) is 7.81. The van der Waals surface area contributed by atoms with Crippen LogP contribution in [-0.4, -0.2) is 12.5 Å². The van der Waals surface area contributed by atoms with Crippen LogP contribution in [0.1, 0.15) is 5.56 Å². The van der Waals surface area contributed by atoms with Gasteiger partial charge in [-0.05, 0) is 78.4 Å². The highest BCUT2D eigenvalue weighted by atomic mass is 35.5. The smallest absolute Gasteiger partial charge is 0.262 e. The molecular weight excluding hydrogens is 455 g/mol. The molecule has 4 rings (SSSR count). The normalized spacial score (nSPS) is 10.4. The first kappa shape index (κ1) is 23.1. The van der Waals surface area contributed by atoms with E-state index < -0.39 is 0 Å². The van der Waals surface area contributed by atoms with Crippen LogP contribution in [0, 0.1) is 5.82 Å². The standard InChI is InChI=1S/C27H22ClFN2O3/c28-25-16-19(6-15-26(25)33-18-27(32)31-22-9-7-20(29)8-10-22)17-30-21-11-13-24(14-12-21)34-23-4-2-1-3-5-23/h1-16,30H,17-18H2,(H,31,32). The molecule has 0 atom stereocenters. The van der Waals surface area contributed by atoms with Gasteiger partial charge in [0.15, 0.2) is 6.61 Å². The van der Waals surface area contributed by atoms with Crippen LogP contribution in [0.25, 0.3) is 0 Å². The first-order chi connectivity index (χ1) is 16.5. The average Bonchev–Trinajstić information content (AvgIpc) is 2.85. The van der Waals surface area contributed by atoms with Crippen molar-refractivity contribution in [1.29, 1.82) is 0 Å². The summed E-state index contributed by atoms with van der Waals surface area (Å²) in [6.45, 7) is 0.343. The van der Waals surface area contributed by atoms with Gasteiger partial charge in [0.2, 0.25) is 0 Å². The number of rotatable bonds is 9. The molecule has 0 aromatic heterocycles. The molecule has 4 aromatic rings. The molecule has 0 spiro atoms. The van der Waals surface area contributed by atoms with Gasteiger partial charge < -0.3 is 20.1 Å². The van der Waals surface area contributed by atoms with Crippen molar-refractivity contribution in [2.24, 2.45) is 0 Å². The Bertz CT molecular complexity index is 1230. The van der Waals surface area contributed by atoms with Gasteiger partial charge in [0.1, 0.15) is 23.1 Å². The van der Waals surface area contributed by atoms with Gasteiger partial charge >= 0.3 is 0 Å². The molecule has 0 unspecified atom stereocenters. The van der Waals surface area contributed by atoms with E-state index >= 15 is 0 Å². The second-order valence-electron chi connectivity index (χ2n) is 7.40. The lowest BCUT2D eigenvalue weighted by molar-refractivity contribution is -0.118. The van der Waals surface area contributed by atoms with Crippen LogP contribution < -0.4 is 20.1 Å². The number of benzene rings is 4. The van der Waals surface area contributed by atoms with Crippen LogP contribution in [0.5, 0.6) is 17.2 Å². The van der Waals surface area contributed by atoms with Gasteiger partial charge in [-0.25, -0.2) is 4.39 Å². The van der Waals surface area contributed by atoms with Crippen LogP contribution in [0.15, 0.2) is 97.1 Å². The van der Waals surface area contributed by atoms with Crippen LogP contribution in [-0.2, 0) is 11.3 Å². The number of carbonyl (C=O) groups excluding carboxylic acids is 1. The first-order valence-electron chi connectivity index (χ1n) is 10.6. The SMILES string of the molecule is O=C(COc1ccc(CNc2ccc(Oc3ccccc3)cc2)cc1Cl)Nc1ccc(F)cc1. The van der Waals surface area contributed by atoms with Gasteiger partial charge in [0, 0.05) is 17.9 Å². The Kier molecular flexibility index (Phi) is 7.63. The molecule has 0 saturated heterocycles. The zero-order valence-electron chi connectivity index (χ0n) is 18.1. The minimum Gasteiger partial charge on any atom is -0.482 e. The van der Waals surface area contributed by atoms with E-state index in [2.05, 4.69) is 10.6 Å². The monoisotopic (exact) mass is 476 g/mol. The Morgan fingerprint density at radius 2 is 1.50 bits per heavy atom. The molecule has 0 aliphatic rings. The number of amides is 1. The summed E-state index contributed by atoms with van der Waals surface area (Å²) in [4.78, 5) is 12.0. The Morgan fingerprint density at radius 1 is 0.824 bits per heavy atom.